The lowest BCUT2D eigenvalue weighted by Gasteiger charge is -2.28. The predicted molar refractivity (Wildman–Crippen MR) is 76.9 cm³/mol. The molecule has 4 nitrogen and oxygen atoms in total. The Hall–Kier alpha value is -1.39. The van der Waals surface area contributed by atoms with Gasteiger partial charge in [-0.25, -0.2) is 0 Å². The van der Waals surface area contributed by atoms with E-state index in [1.165, 1.54) is 0 Å². The zero-order chi connectivity index (χ0) is 13.7. The number of morpholine rings is 1. The second-order valence-corrected chi connectivity index (χ2v) is 5.11. The van der Waals surface area contributed by atoms with Gasteiger partial charge in [-0.15, -0.1) is 0 Å². The van der Waals surface area contributed by atoms with Crippen LogP contribution in [-0.2, 0) is 4.74 Å². The van der Waals surface area contributed by atoms with Crippen LogP contribution in [0.15, 0.2) is 24.3 Å². The van der Waals surface area contributed by atoms with Crippen LogP contribution in [0.1, 0.15) is 24.2 Å². The zero-order valence-electron chi connectivity index (χ0n) is 11.7. The number of hydrogen-bond donors (Lipinski definition) is 1. The van der Waals surface area contributed by atoms with Crippen LogP contribution in [0, 0.1) is 0 Å². The number of anilines is 1. The summed E-state index contributed by atoms with van der Waals surface area (Å²) in [4.78, 5) is 14.2. The normalized spacial score (nSPS) is 15.8. The SMILES string of the molecule is CC(C)NCC(=O)c1ccc(N2CCOCC2)cc1. The second-order valence-electron chi connectivity index (χ2n) is 5.11. The van der Waals surface area contributed by atoms with Crippen LogP contribution in [0.5, 0.6) is 0 Å². The summed E-state index contributed by atoms with van der Waals surface area (Å²) in [5.74, 6) is 0.141. The molecular weight excluding hydrogens is 240 g/mol. The average Bonchev–Trinajstić information content (AvgIpc) is 2.46. The molecule has 0 amide bonds. The van der Waals surface area contributed by atoms with Gasteiger partial charge in [-0.1, -0.05) is 13.8 Å². The van der Waals surface area contributed by atoms with E-state index in [2.05, 4.69) is 10.2 Å². The molecule has 4 heteroatoms. The number of hydrogen-bond acceptors (Lipinski definition) is 4. The number of ether oxygens (including phenoxy) is 1. The first-order valence-electron chi connectivity index (χ1n) is 6.86. The summed E-state index contributed by atoms with van der Waals surface area (Å²) in [7, 11) is 0. The molecule has 0 bridgehead atoms. The summed E-state index contributed by atoms with van der Waals surface area (Å²) in [6, 6.07) is 8.20. The summed E-state index contributed by atoms with van der Waals surface area (Å²) >= 11 is 0. The van der Waals surface area contributed by atoms with Crippen molar-refractivity contribution in [2.24, 2.45) is 0 Å². The molecule has 104 valence electrons. The molecule has 0 aromatic heterocycles. The van der Waals surface area contributed by atoms with Crippen LogP contribution in [0.2, 0.25) is 0 Å². The van der Waals surface area contributed by atoms with Gasteiger partial charge in [-0.05, 0) is 24.3 Å². The molecule has 0 aliphatic carbocycles. The fourth-order valence-corrected chi connectivity index (χ4v) is 2.08. The monoisotopic (exact) mass is 262 g/mol. The Morgan fingerprint density at radius 3 is 2.47 bits per heavy atom. The molecule has 1 aliphatic rings. The largest absolute Gasteiger partial charge is 0.378 e. The van der Waals surface area contributed by atoms with Gasteiger partial charge in [-0.3, -0.25) is 4.79 Å². The Morgan fingerprint density at radius 1 is 1.26 bits per heavy atom. The fourth-order valence-electron chi connectivity index (χ4n) is 2.08. The summed E-state index contributed by atoms with van der Waals surface area (Å²) in [5, 5.41) is 3.15. The molecule has 1 fully saturated rings. The van der Waals surface area contributed by atoms with E-state index in [0.717, 1.165) is 37.6 Å². The highest BCUT2D eigenvalue weighted by Crippen LogP contribution is 2.16. The van der Waals surface area contributed by atoms with Crippen molar-refractivity contribution in [3.05, 3.63) is 29.8 Å². The van der Waals surface area contributed by atoms with Gasteiger partial charge in [0.15, 0.2) is 5.78 Å². The minimum absolute atomic E-state index is 0.141. The van der Waals surface area contributed by atoms with Crippen molar-refractivity contribution in [3.63, 3.8) is 0 Å². The molecule has 19 heavy (non-hydrogen) atoms. The second kappa shape index (κ2) is 6.68. The third-order valence-electron chi connectivity index (χ3n) is 3.24. The van der Waals surface area contributed by atoms with Gasteiger partial charge in [0, 0.05) is 30.4 Å². The van der Waals surface area contributed by atoms with Crippen molar-refractivity contribution in [2.75, 3.05) is 37.7 Å². The Balaban J connectivity index is 1.95. The fraction of sp³-hybridized carbons (Fsp3) is 0.533. The minimum atomic E-state index is 0.141. The van der Waals surface area contributed by atoms with Crippen molar-refractivity contribution in [2.45, 2.75) is 19.9 Å². The van der Waals surface area contributed by atoms with Gasteiger partial charge in [0.05, 0.1) is 19.8 Å². The van der Waals surface area contributed by atoms with Gasteiger partial charge in [0.1, 0.15) is 0 Å². The van der Waals surface area contributed by atoms with E-state index >= 15 is 0 Å². The van der Waals surface area contributed by atoms with Gasteiger partial charge in [0.2, 0.25) is 0 Å². The van der Waals surface area contributed by atoms with Crippen LogP contribution < -0.4 is 10.2 Å². The van der Waals surface area contributed by atoms with E-state index < -0.39 is 0 Å². The van der Waals surface area contributed by atoms with Crippen LogP contribution >= 0.6 is 0 Å². The minimum Gasteiger partial charge on any atom is -0.378 e. The first kappa shape index (κ1) is 14.0. The first-order chi connectivity index (χ1) is 9.16. The van der Waals surface area contributed by atoms with E-state index in [9.17, 15) is 4.79 Å². The smallest absolute Gasteiger partial charge is 0.176 e. The van der Waals surface area contributed by atoms with Crippen LogP contribution in [0.3, 0.4) is 0 Å². The lowest BCUT2D eigenvalue weighted by atomic mass is 10.1. The summed E-state index contributed by atoms with van der Waals surface area (Å²) < 4.78 is 5.33. The third kappa shape index (κ3) is 4.04. The van der Waals surface area contributed by atoms with E-state index in [1.807, 2.05) is 38.1 Å². The number of Topliss-reactive ketones (excluding diaryl/α,β-unsaturated/α-hetero) is 1. The maximum absolute atomic E-state index is 11.9. The molecule has 1 heterocycles. The maximum Gasteiger partial charge on any atom is 0.176 e. The Bertz CT molecular complexity index is 409. The molecular formula is C15H22N2O2. The van der Waals surface area contributed by atoms with E-state index in [0.29, 0.717) is 12.6 Å². The van der Waals surface area contributed by atoms with Gasteiger partial charge in [0.25, 0.3) is 0 Å². The standard InChI is InChI=1S/C15H22N2O2/c1-12(2)16-11-15(18)13-3-5-14(6-4-13)17-7-9-19-10-8-17/h3-6,12,16H,7-11H2,1-2H3. The van der Waals surface area contributed by atoms with Crippen molar-refractivity contribution in [3.8, 4) is 0 Å². The number of nitrogens with one attached hydrogen (secondary N) is 1. The van der Waals surface area contributed by atoms with Crippen LogP contribution in [0.25, 0.3) is 0 Å². The molecule has 1 aromatic carbocycles. The molecule has 1 N–H and O–H groups in total. The molecule has 0 spiro atoms. The number of carbonyl (C=O) groups excluding carboxylic acids is 1. The number of ketones is 1. The average molecular weight is 262 g/mol. The summed E-state index contributed by atoms with van der Waals surface area (Å²) in [6.45, 7) is 7.86. The molecule has 1 aromatic rings. The third-order valence-corrected chi connectivity index (χ3v) is 3.24. The highest BCUT2D eigenvalue weighted by Gasteiger charge is 2.12. The molecule has 0 saturated carbocycles. The van der Waals surface area contributed by atoms with Crippen LogP contribution in [-0.4, -0.2) is 44.7 Å². The number of carbonyl (C=O) groups is 1. The predicted octanol–water partition coefficient (Wildman–Crippen LogP) is 1.70. The molecule has 1 aliphatic heterocycles. The zero-order valence-corrected chi connectivity index (χ0v) is 11.7. The van der Waals surface area contributed by atoms with Gasteiger partial charge >= 0.3 is 0 Å². The molecule has 0 radical (unpaired) electrons. The number of rotatable bonds is 5. The molecule has 0 unspecified atom stereocenters. The first-order valence-corrected chi connectivity index (χ1v) is 6.86. The van der Waals surface area contributed by atoms with E-state index in [4.69, 9.17) is 4.74 Å². The van der Waals surface area contributed by atoms with Gasteiger partial charge < -0.3 is 15.0 Å². The molecule has 1 saturated heterocycles. The maximum atomic E-state index is 11.9. The van der Waals surface area contributed by atoms with Crippen molar-refractivity contribution in [1.82, 2.24) is 5.32 Å². The van der Waals surface area contributed by atoms with Crippen molar-refractivity contribution >= 4 is 11.5 Å². The van der Waals surface area contributed by atoms with E-state index in [-0.39, 0.29) is 5.78 Å². The van der Waals surface area contributed by atoms with Crippen molar-refractivity contribution < 1.29 is 9.53 Å². The summed E-state index contributed by atoms with van der Waals surface area (Å²) in [6.07, 6.45) is 0. The Morgan fingerprint density at radius 2 is 1.89 bits per heavy atom. The Labute approximate surface area is 114 Å². The quantitative estimate of drug-likeness (QED) is 0.820. The molecule has 0 atom stereocenters. The topological polar surface area (TPSA) is 41.6 Å². The van der Waals surface area contributed by atoms with Crippen molar-refractivity contribution in [1.29, 1.82) is 0 Å². The number of nitrogens with zero attached hydrogens (tertiary/aromatic N) is 1. The van der Waals surface area contributed by atoms with Gasteiger partial charge in [-0.2, -0.15) is 0 Å². The molecule has 2 rings (SSSR count). The summed E-state index contributed by atoms with van der Waals surface area (Å²) in [5.41, 5.74) is 1.93. The van der Waals surface area contributed by atoms with Crippen LogP contribution in [0.4, 0.5) is 5.69 Å². The lowest BCUT2D eigenvalue weighted by molar-refractivity contribution is 0.0988. The van der Waals surface area contributed by atoms with E-state index in [1.54, 1.807) is 0 Å². The highest BCUT2D eigenvalue weighted by molar-refractivity contribution is 5.97. The highest BCUT2D eigenvalue weighted by atomic mass is 16.5. The Kier molecular flexibility index (Phi) is 4.93. The number of benzene rings is 1. The lowest BCUT2D eigenvalue weighted by Crippen LogP contribution is -2.36.